The van der Waals surface area contributed by atoms with E-state index >= 15 is 0 Å². The van der Waals surface area contributed by atoms with Crippen LogP contribution in [0.2, 0.25) is 5.15 Å². The Hall–Kier alpha value is -1.95. The van der Waals surface area contributed by atoms with E-state index in [-0.39, 0.29) is 5.91 Å². The van der Waals surface area contributed by atoms with Gasteiger partial charge in [0.25, 0.3) is 5.91 Å². The molecule has 0 saturated heterocycles. The third-order valence-electron chi connectivity index (χ3n) is 3.45. The van der Waals surface area contributed by atoms with Crippen LogP contribution >= 0.6 is 11.6 Å². The lowest BCUT2D eigenvalue weighted by Gasteiger charge is -2.09. The van der Waals surface area contributed by atoms with E-state index in [0.29, 0.717) is 22.6 Å². The van der Waals surface area contributed by atoms with Crippen LogP contribution in [0.3, 0.4) is 0 Å². The fraction of sp³-hybridized carbons (Fsp3) is 0.429. The molecule has 2 aromatic rings. The maximum Gasteiger partial charge on any atom is 0.273 e. The van der Waals surface area contributed by atoms with E-state index in [0.717, 1.165) is 24.2 Å². The first-order valence-corrected chi connectivity index (χ1v) is 7.17. The number of halogens is 1. The fourth-order valence-corrected chi connectivity index (χ4v) is 2.20. The first-order chi connectivity index (χ1) is 9.97. The van der Waals surface area contributed by atoms with Crippen molar-refractivity contribution in [3.05, 3.63) is 34.5 Å². The Balaban J connectivity index is 2.02. The minimum absolute atomic E-state index is 0.144. The Labute approximate surface area is 127 Å². The molecule has 1 saturated carbocycles. The molecule has 21 heavy (non-hydrogen) atoms. The molecule has 1 fully saturated rings. The molecule has 7 heteroatoms. The zero-order valence-electron chi connectivity index (χ0n) is 12.2. The Bertz CT molecular complexity index is 705. The van der Waals surface area contributed by atoms with Crippen LogP contribution < -0.4 is 0 Å². The second kappa shape index (κ2) is 5.11. The largest absolute Gasteiger partial charge is 0.343 e. The lowest BCUT2D eigenvalue weighted by molar-refractivity contribution is 0.0821. The molecule has 0 radical (unpaired) electrons. The number of hydrogen-bond donors (Lipinski definition) is 0. The summed E-state index contributed by atoms with van der Waals surface area (Å²) in [6, 6.07) is 1.68. The van der Waals surface area contributed by atoms with Crippen LogP contribution in [0, 0.1) is 6.92 Å². The zero-order chi connectivity index (χ0) is 15.1. The number of rotatable bonds is 3. The Morgan fingerprint density at radius 3 is 2.71 bits per heavy atom. The summed E-state index contributed by atoms with van der Waals surface area (Å²) in [7, 11) is 3.39. The zero-order valence-corrected chi connectivity index (χ0v) is 12.9. The van der Waals surface area contributed by atoms with Crippen molar-refractivity contribution in [2.45, 2.75) is 25.7 Å². The Kier molecular flexibility index (Phi) is 3.41. The van der Waals surface area contributed by atoms with Gasteiger partial charge in [-0.05, 0) is 25.8 Å². The molecule has 110 valence electrons. The number of hydrogen-bond acceptors (Lipinski definition) is 4. The normalized spacial score (nSPS) is 14.3. The van der Waals surface area contributed by atoms with Crippen LogP contribution in [0.15, 0.2) is 12.3 Å². The summed E-state index contributed by atoms with van der Waals surface area (Å²) >= 11 is 6.19. The molecule has 0 bridgehead atoms. The Morgan fingerprint density at radius 2 is 2.10 bits per heavy atom. The van der Waals surface area contributed by atoms with Crippen LogP contribution in [-0.2, 0) is 0 Å². The lowest BCUT2D eigenvalue weighted by Crippen LogP contribution is -2.22. The second-order valence-electron chi connectivity index (χ2n) is 5.44. The lowest BCUT2D eigenvalue weighted by atomic mass is 10.3. The predicted molar refractivity (Wildman–Crippen MR) is 78.9 cm³/mol. The Morgan fingerprint density at radius 1 is 1.38 bits per heavy atom. The molecule has 0 unspecified atom stereocenters. The molecule has 6 nitrogen and oxygen atoms in total. The van der Waals surface area contributed by atoms with Gasteiger partial charge in [-0.2, -0.15) is 5.10 Å². The average Bonchev–Trinajstić information content (AvgIpc) is 3.18. The van der Waals surface area contributed by atoms with Crippen molar-refractivity contribution in [1.82, 2.24) is 24.6 Å². The van der Waals surface area contributed by atoms with Gasteiger partial charge in [0, 0.05) is 31.8 Å². The van der Waals surface area contributed by atoms with E-state index in [4.69, 9.17) is 11.6 Å². The van der Waals surface area contributed by atoms with Crippen molar-refractivity contribution in [2.75, 3.05) is 14.1 Å². The molecular formula is C14H16ClN5O. The molecule has 2 heterocycles. The molecule has 1 amide bonds. The monoisotopic (exact) mass is 305 g/mol. The quantitative estimate of drug-likeness (QED) is 0.816. The number of carbonyl (C=O) groups is 1. The van der Waals surface area contributed by atoms with Crippen molar-refractivity contribution >= 4 is 17.5 Å². The molecule has 0 N–H and O–H groups in total. The van der Waals surface area contributed by atoms with Gasteiger partial charge >= 0.3 is 0 Å². The summed E-state index contributed by atoms with van der Waals surface area (Å²) in [5.74, 6) is 1.65. The van der Waals surface area contributed by atoms with Crippen molar-refractivity contribution < 1.29 is 4.79 Å². The van der Waals surface area contributed by atoms with Gasteiger partial charge in [0.05, 0.1) is 0 Å². The minimum atomic E-state index is -0.144. The molecule has 0 aliphatic heterocycles. The summed E-state index contributed by atoms with van der Waals surface area (Å²) in [6.45, 7) is 1.85. The van der Waals surface area contributed by atoms with Crippen molar-refractivity contribution in [1.29, 1.82) is 0 Å². The van der Waals surface area contributed by atoms with Crippen LogP contribution in [-0.4, -0.2) is 44.7 Å². The van der Waals surface area contributed by atoms with E-state index in [1.807, 2.05) is 6.92 Å². The first kappa shape index (κ1) is 14.0. The highest BCUT2D eigenvalue weighted by atomic mass is 35.5. The molecule has 0 spiro atoms. The first-order valence-electron chi connectivity index (χ1n) is 6.79. The molecule has 2 aromatic heterocycles. The molecular weight excluding hydrogens is 290 g/mol. The van der Waals surface area contributed by atoms with E-state index in [2.05, 4.69) is 15.1 Å². The number of aromatic nitrogens is 4. The van der Waals surface area contributed by atoms with Crippen molar-refractivity contribution in [3.63, 3.8) is 0 Å². The SMILES string of the molecule is Cc1c(Cl)nc(C2CC2)nc1-n1ccc(C(=O)N(C)C)n1. The predicted octanol–water partition coefficient (Wildman–Crippen LogP) is 2.20. The van der Waals surface area contributed by atoms with Gasteiger partial charge in [-0.15, -0.1) is 0 Å². The van der Waals surface area contributed by atoms with E-state index in [9.17, 15) is 4.79 Å². The van der Waals surface area contributed by atoms with Crippen LogP contribution in [0.4, 0.5) is 0 Å². The van der Waals surface area contributed by atoms with Gasteiger partial charge in [0.2, 0.25) is 0 Å². The standard InChI is InChI=1S/C14H16ClN5O/c1-8-11(15)16-12(9-4-5-9)17-13(8)20-7-6-10(18-20)14(21)19(2)3/h6-7,9H,4-5H2,1-3H3. The summed E-state index contributed by atoms with van der Waals surface area (Å²) in [5, 5.41) is 4.74. The molecule has 1 aliphatic rings. The number of nitrogens with zero attached hydrogens (tertiary/aromatic N) is 5. The van der Waals surface area contributed by atoms with Gasteiger partial charge in [0.1, 0.15) is 11.0 Å². The summed E-state index contributed by atoms with van der Waals surface area (Å²) in [6.07, 6.45) is 3.92. The highest BCUT2D eigenvalue weighted by molar-refractivity contribution is 6.30. The van der Waals surface area contributed by atoms with Gasteiger partial charge in [-0.1, -0.05) is 11.6 Å². The highest BCUT2D eigenvalue weighted by Crippen LogP contribution is 2.39. The maximum atomic E-state index is 11.9. The van der Waals surface area contributed by atoms with Crippen LogP contribution in [0.25, 0.3) is 5.82 Å². The smallest absolute Gasteiger partial charge is 0.273 e. The third kappa shape index (κ3) is 2.63. The van der Waals surface area contributed by atoms with E-state index in [1.54, 1.807) is 31.0 Å². The molecule has 1 aliphatic carbocycles. The molecule has 3 rings (SSSR count). The fourth-order valence-electron chi connectivity index (χ4n) is 2.03. The summed E-state index contributed by atoms with van der Waals surface area (Å²) < 4.78 is 1.59. The highest BCUT2D eigenvalue weighted by Gasteiger charge is 2.28. The number of carbonyl (C=O) groups excluding carboxylic acids is 1. The number of amides is 1. The van der Waals surface area contributed by atoms with E-state index < -0.39 is 0 Å². The maximum absolute atomic E-state index is 11.9. The van der Waals surface area contributed by atoms with Crippen molar-refractivity contribution in [3.8, 4) is 5.82 Å². The second-order valence-corrected chi connectivity index (χ2v) is 5.80. The van der Waals surface area contributed by atoms with Gasteiger partial charge in [-0.3, -0.25) is 4.79 Å². The molecule has 0 atom stereocenters. The minimum Gasteiger partial charge on any atom is -0.343 e. The van der Waals surface area contributed by atoms with Gasteiger partial charge < -0.3 is 4.90 Å². The van der Waals surface area contributed by atoms with E-state index in [1.165, 1.54) is 4.90 Å². The summed E-state index contributed by atoms with van der Waals surface area (Å²) in [5.41, 5.74) is 1.13. The summed E-state index contributed by atoms with van der Waals surface area (Å²) in [4.78, 5) is 22.3. The average molecular weight is 306 g/mol. The van der Waals surface area contributed by atoms with Crippen molar-refractivity contribution in [2.24, 2.45) is 0 Å². The third-order valence-corrected chi connectivity index (χ3v) is 3.82. The molecule has 0 aromatic carbocycles. The van der Waals surface area contributed by atoms with Crippen LogP contribution in [0.5, 0.6) is 0 Å². The van der Waals surface area contributed by atoms with Crippen LogP contribution in [0.1, 0.15) is 40.6 Å². The van der Waals surface area contributed by atoms with Gasteiger partial charge in [0.15, 0.2) is 11.5 Å². The topological polar surface area (TPSA) is 63.9 Å². The van der Waals surface area contributed by atoms with Gasteiger partial charge in [-0.25, -0.2) is 14.6 Å².